The van der Waals surface area contributed by atoms with Gasteiger partial charge in [-0.25, -0.2) is 0 Å². The molecule has 2 rings (SSSR count). The molecule has 0 aliphatic heterocycles. The van der Waals surface area contributed by atoms with Gasteiger partial charge in [-0.15, -0.1) is 0 Å². The van der Waals surface area contributed by atoms with Crippen LogP contribution in [0.15, 0.2) is 36.5 Å². The Kier molecular flexibility index (Phi) is 5.47. The number of halogens is 2. The lowest BCUT2D eigenvalue weighted by Gasteiger charge is -2.08. The number of ether oxygens (including phenoxy) is 2. The van der Waals surface area contributed by atoms with Gasteiger partial charge in [-0.1, -0.05) is 23.2 Å². The van der Waals surface area contributed by atoms with Gasteiger partial charge in [0, 0.05) is 6.20 Å². The van der Waals surface area contributed by atoms with Gasteiger partial charge >= 0.3 is 0 Å². The average Bonchev–Trinajstić information content (AvgIpc) is 2.45. The normalized spacial score (nSPS) is 10.3. The van der Waals surface area contributed by atoms with E-state index >= 15 is 0 Å². The summed E-state index contributed by atoms with van der Waals surface area (Å²) in [4.78, 5) is 4.11. The summed E-state index contributed by atoms with van der Waals surface area (Å²) in [6.45, 7) is 0.510. The van der Waals surface area contributed by atoms with Gasteiger partial charge in [0.1, 0.15) is 24.7 Å². The van der Waals surface area contributed by atoms with E-state index in [1.165, 1.54) is 6.20 Å². The molecule has 1 heterocycles. The Labute approximate surface area is 126 Å². The molecule has 0 aliphatic rings. The van der Waals surface area contributed by atoms with Crippen LogP contribution in [0.25, 0.3) is 0 Å². The van der Waals surface area contributed by atoms with Crippen molar-refractivity contribution in [3.05, 3.63) is 52.3 Å². The van der Waals surface area contributed by atoms with E-state index in [4.69, 9.17) is 37.8 Å². The van der Waals surface area contributed by atoms with E-state index in [9.17, 15) is 0 Å². The molecule has 2 aromatic rings. The molecule has 0 radical (unpaired) electrons. The lowest BCUT2D eigenvalue weighted by molar-refractivity contribution is 0.201. The van der Waals surface area contributed by atoms with Crippen LogP contribution >= 0.6 is 23.2 Å². The molecule has 20 heavy (non-hydrogen) atoms. The van der Waals surface area contributed by atoms with Gasteiger partial charge in [-0.3, -0.25) is 4.98 Å². The Morgan fingerprint density at radius 1 is 1.05 bits per heavy atom. The Morgan fingerprint density at radius 3 is 2.30 bits per heavy atom. The van der Waals surface area contributed by atoms with E-state index in [1.807, 2.05) is 0 Å². The van der Waals surface area contributed by atoms with Gasteiger partial charge in [-0.2, -0.15) is 0 Å². The highest BCUT2D eigenvalue weighted by Crippen LogP contribution is 2.22. The minimum absolute atomic E-state index is 0.0149. The second-order valence-corrected chi connectivity index (χ2v) is 4.76. The third-order valence-corrected chi connectivity index (χ3v) is 2.98. The average molecular weight is 314 g/mol. The molecule has 6 heteroatoms. The molecule has 0 saturated heterocycles. The monoisotopic (exact) mass is 313 g/mol. The lowest BCUT2D eigenvalue weighted by Crippen LogP contribution is -2.02. The van der Waals surface area contributed by atoms with Crippen LogP contribution in [0.2, 0.25) is 10.0 Å². The number of aliphatic hydroxyl groups excluding tert-OH is 1. The third-order valence-electron chi connectivity index (χ3n) is 2.44. The first-order valence-corrected chi connectivity index (χ1v) is 6.71. The zero-order valence-corrected chi connectivity index (χ0v) is 12.1. The van der Waals surface area contributed by atoms with E-state index in [2.05, 4.69) is 4.98 Å². The molecular formula is C14H13Cl2NO3. The lowest BCUT2D eigenvalue weighted by atomic mass is 10.3. The number of pyridine rings is 1. The van der Waals surface area contributed by atoms with Crippen molar-refractivity contribution in [1.29, 1.82) is 0 Å². The van der Waals surface area contributed by atoms with Crippen LogP contribution in [0.3, 0.4) is 0 Å². The van der Waals surface area contributed by atoms with Crippen LogP contribution in [0.4, 0.5) is 0 Å². The Balaban J connectivity index is 1.93. The second-order valence-electron chi connectivity index (χ2n) is 3.91. The van der Waals surface area contributed by atoms with Crippen molar-refractivity contribution >= 4 is 23.2 Å². The first kappa shape index (κ1) is 14.9. The molecule has 0 amide bonds. The molecule has 4 nitrogen and oxygen atoms in total. The van der Waals surface area contributed by atoms with Crippen molar-refractivity contribution in [3.63, 3.8) is 0 Å². The molecule has 1 N–H and O–H groups in total. The summed E-state index contributed by atoms with van der Waals surface area (Å²) in [6.07, 6.45) is 1.53. The summed E-state index contributed by atoms with van der Waals surface area (Å²) in [7, 11) is 0. The van der Waals surface area contributed by atoms with Gasteiger partial charge in [0.25, 0.3) is 0 Å². The molecule has 0 bridgehead atoms. The maximum Gasteiger partial charge on any atom is 0.132 e. The van der Waals surface area contributed by atoms with Crippen LogP contribution in [-0.2, 0) is 6.61 Å². The highest BCUT2D eigenvalue weighted by molar-refractivity contribution is 6.34. The minimum Gasteiger partial charge on any atom is -0.491 e. The largest absolute Gasteiger partial charge is 0.491 e. The van der Waals surface area contributed by atoms with Crippen LogP contribution < -0.4 is 9.47 Å². The van der Waals surface area contributed by atoms with E-state index in [0.717, 1.165) is 0 Å². The van der Waals surface area contributed by atoms with Crippen LogP contribution in [0.5, 0.6) is 11.5 Å². The summed E-state index contributed by atoms with van der Waals surface area (Å²) in [5.74, 6) is 1.35. The highest BCUT2D eigenvalue weighted by Gasteiger charge is 2.04. The second kappa shape index (κ2) is 7.33. The van der Waals surface area contributed by atoms with Gasteiger partial charge < -0.3 is 14.6 Å². The number of nitrogens with zero attached hydrogens (tertiary/aromatic N) is 1. The van der Waals surface area contributed by atoms with Crippen molar-refractivity contribution in [2.24, 2.45) is 0 Å². The predicted octanol–water partition coefficient (Wildman–Crippen LogP) is 3.34. The molecule has 0 fully saturated rings. The summed E-state index contributed by atoms with van der Waals surface area (Å²) in [6, 6.07) is 8.71. The van der Waals surface area contributed by atoms with Crippen molar-refractivity contribution in [2.75, 3.05) is 13.2 Å². The summed E-state index contributed by atoms with van der Waals surface area (Å²) >= 11 is 11.8. The van der Waals surface area contributed by atoms with Gasteiger partial charge in [-0.05, 0) is 30.3 Å². The van der Waals surface area contributed by atoms with Crippen molar-refractivity contribution in [2.45, 2.75) is 6.61 Å². The zero-order valence-electron chi connectivity index (χ0n) is 10.6. The quantitative estimate of drug-likeness (QED) is 0.888. The van der Waals surface area contributed by atoms with E-state index in [-0.39, 0.29) is 19.8 Å². The summed E-state index contributed by atoms with van der Waals surface area (Å²) < 4.78 is 10.8. The smallest absolute Gasteiger partial charge is 0.132 e. The molecule has 0 unspecified atom stereocenters. The van der Waals surface area contributed by atoms with Crippen LogP contribution in [0, 0.1) is 0 Å². The van der Waals surface area contributed by atoms with Crippen LogP contribution in [-0.4, -0.2) is 23.3 Å². The van der Waals surface area contributed by atoms with Crippen molar-refractivity contribution < 1.29 is 14.6 Å². The van der Waals surface area contributed by atoms with E-state index < -0.39 is 0 Å². The fraction of sp³-hybridized carbons (Fsp3) is 0.214. The Morgan fingerprint density at radius 2 is 1.70 bits per heavy atom. The van der Waals surface area contributed by atoms with Gasteiger partial charge in [0.2, 0.25) is 0 Å². The molecular weight excluding hydrogens is 301 g/mol. The van der Waals surface area contributed by atoms with Crippen molar-refractivity contribution in [3.8, 4) is 11.5 Å². The number of hydrogen-bond acceptors (Lipinski definition) is 4. The number of rotatable bonds is 6. The zero-order chi connectivity index (χ0) is 14.4. The number of benzene rings is 1. The first-order valence-electron chi connectivity index (χ1n) is 5.95. The van der Waals surface area contributed by atoms with Gasteiger partial charge in [0.15, 0.2) is 0 Å². The van der Waals surface area contributed by atoms with Gasteiger partial charge in [0.05, 0.1) is 22.3 Å². The van der Waals surface area contributed by atoms with E-state index in [0.29, 0.717) is 27.2 Å². The molecule has 0 spiro atoms. The molecule has 1 aromatic heterocycles. The van der Waals surface area contributed by atoms with E-state index in [1.54, 1.807) is 30.3 Å². The number of hydrogen-bond donors (Lipinski definition) is 1. The molecule has 106 valence electrons. The summed E-state index contributed by atoms with van der Waals surface area (Å²) in [5, 5.41) is 9.62. The van der Waals surface area contributed by atoms with Crippen LogP contribution in [0.1, 0.15) is 5.69 Å². The third kappa shape index (κ3) is 4.27. The molecule has 0 saturated carbocycles. The minimum atomic E-state index is -0.0149. The topological polar surface area (TPSA) is 51.6 Å². The molecule has 1 aromatic carbocycles. The van der Waals surface area contributed by atoms with Crippen molar-refractivity contribution in [1.82, 2.24) is 4.98 Å². The SMILES string of the molecule is OCCOc1ccc(OCc2ncc(Cl)cc2Cl)cc1. The molecule has 0 atom stereocenters. The number of aliphatic hydroxyl groups is 1. The standard InChI is InChI=1S/C14H13Cl2NO3/c15-10-7-13(16)14(17-8-10)9-20-12-3-1-11(2-4-12)19-6-5-18/h1-4,7-8,18H,5-6,9H2. The Hall–Kier alpha value is -1.49. The maximum atomic E-state index is 8.66. The summed E-state index contributed by atoms with van der Waals surface area (Å²) in [5.41, 5.74) is 0.622. The highest BCUT2D eigenvalue weighted by atomic mass is 35.5. The molecule has 0 aliphatic carbocycles. The maximum absolute atomic E-state index is 8.66. The predicted molar refractivity (Wildman–Crippen MR) is 77.6 cm³/mol. The fourth-order valence-corrected chi connectivity index (χ4v) is 1.93. The fourth-order valence-electron chi connectivity index (χ4n) is 1.50. The Bertz CT molecular complexity index is 561. The first-order chi connectivity index (χ1) is 9.69. The number of aromatic nitrogens is 1.